The standard InChI is InChI=1S/C13H10ClN5O2/c1-16-12-5-10(19(20)21)6-13(18-12)17-11-4-9(14)3-2-8(11)7-15/h2-6H,1H3,(H2,16,17,18). The van der Waals surface area contributed by atoms with E-state index in [2.05, 4.69) is 15.6 Å². The van der Waals surface area contributed by atoms with Crippen molar-refractivity contribution in [3.8, 4) is 6.07 Å². The fourth-order valence-electron chi connectivity index (χ4n) is 1.67. The minimum atomic E-state index is -0.517. The molecule has 1 aromatic heterocycles. The molecule has 2 aromatic rings. The molecule has 0 aliphatic heterocycles. The van der Waals surface area contributed by atoms with Crippen LogP contribution in [0.15, 0.2) is 30.3 Å². The summed E-state index contributed by atoms with van der Waals surface area (Å²) in [7, 11) is 1.61. The van der Waals surface area contributed by atoms with Crippen LogP contribution in [0, 0.1) is 21.4 Å². The van der Waals surface area contributed by atoms with Gasteiger partial charge in [0.15, 0.2) is 0 Å². The van der Waals surface area contributed by atoms with E-state index in [0.717, 1.165) is 0 Å². The normalized spacial score (nSPS) is 9.76. The van der Waals surface area contributed by atoms with Gasteiger partial charge in [-0.25, -0.2) is 4.98 Å². The fourth-order valence-corrected chi connectivity index (χ4v) is 1.84. The van der Waals surface area contributed by atoms with Gasteiger partial charge in [-0.3, -0.25) is 10.1 Å². The molecule has 1 aromatic carbocycles. The maximum Gasteiger partial charge on any atom is 0.276 e. The van der Waals surface area contributed by atoms with Gasteiger partial charge < -0.3 is 10.6 Å². The number of anilines is 3. The second kappa shape index (κ2) is 6.07. The molecule has 2 N–H and O–H groups in total. The Labute approximate surface area is 125 Å². The summed E-state index contributed by atoms with van der Waals surface area (Å²) in [6.45, 7) is 0. The van der Waals surface area contributed by atoms with Gasteiger partial charge in [0.2, 0.25) is 0 Å². The van der Waals surface area contributed by atoms with Crippen molar-refractivity contribution in [2.75, 3.05) is 17.7 Å². The summed E-state index contributed by atoms with van der Waals surface area (Å²) in [5.41, 5.74) is 0.677. The molecule has 0 bridgehead atoms. The highest BCUT2D eigenvalue weighted by Gasteiger charge is 2.12. The quantitative estimate of drug-likeness (QED) is 0.663. The summed E-state index contributed by atoms with van der Waals surface area (Å²) in [6, 6.07) is 9.31. The maximum absolute atomic E-state index is 10.9. The molecule has 21 heavy (non-hydrogen) atoms. The first-order valence-electron chi connectivity index (χ1n) is 5.84. The van der Waals surface area contributed by atoms with Crippen LogP contribution >= 0.6 is 11.6 Å². The highest BCUT2D eigenvalue weighted by Crippen LogP contribution is 2.26. The first-order chi connectivity index (χ1) is 10.0. The third-order valence-electron chi connectivity index (χ3n) is 2.64. The largest absolute Gasteiger partial charge is 0.373 e. The SMILES string of the molecule is CNc1cc([N+](=O)[O-])cc(Nc2cc(Cl)ccc2C#N)n1. The van der Waals surface area contributed by atoms with Crippen molar-refractivity contribution >= 4 is 34.6 Å². The Kier molecular flexibility index (Phi) is 4.21. The number of halogens is 1. The second-order valence-corrected chi connectivity index (χ2v) is 4.47. The average molecular weight is 304 g/mol. The molecule has 0 saturated heterocycles. The number of nitro groups is 1. The van der Waals surface area contributed by atoms with Gasteiger partial charge in [-0.15, -0.1) is 0 Å². The Morgan fingerprint density at radius 2 is 2.05 bits per heavy atom. The first kappa shape index (κ1) is 14.6. The van der Waals surface area contributed by atoms with Crippen LogP contribution in [0.3, 0.4) is 0 Å². The lowest BCUT2D eigenvalue weighted by Crippen LogP contribution is -2.01. The number of hydrogen-bond acceptors (Lipinski definition) is 6. The van der Waals surface area contributed by atoms with E-state index in [-0.39, 0.29) is 11.5 Å². The molecular weight excluding hydrogens is 294 g/mol. The van der Waals surface area contributed by atoms with Crippen LogP contribution in [-0.4, -0.2) is 17.0 Å². The van der Waals surface area contributed by atoms with Crippen LogP contribution in [0.4, 0.5) is 23.0 Å². The smallest absolute Gasteiger partial charge is 0.276 e. The predicted molar refractivity (Wildman–Crippen MR) is 79.9 cm³/mol. The highest BCUT2D eigenvalue weighted by molar-refractivity contribution is 6.30. The summed E-state index contributed by atoms with van der Waals surface area (Å²) in [4.78, 5) is 14.5. The predicted octanol–water partition coefficient (Wildman–Crippen LogP) is 3.30. The third-order valence-corrected chi connectivity index (χ3v) is 2.88. The molecule has 8 heteroatoms. The molecule has 0 aliphatic rings. The summed E-state index contributed by atoms with van der Waals surface area (Å²) < 4.78 is 0. The van der Waals surface area contributed by atoms with Crippen LogP contribution in [0.5, 0.6) is 0 Å². The Balaban J connectivity index is 2.44. The van der Waals surface area contributed by atoms with E-state index >= 15 is 0 Å². The lowest BCUT2D eigenvalue weighted by atomic mass is 10.2. The van der Waals surface area contributed by atoms with Gasteiger partial charge in [0.05, 0.1) is 28.3 Å². The van der Waals surface area contributed by atoms with Gasteiger partial charge in [-0.05, 0) is 18.2 Å². The van der Waals surface area contributed by atoms with Gasteiger partial charge in [0, 0.05) is 12.1 Å². The van der Waals surface area contributed by atoms with Gasteiger partial charge in [-0.2, -0.15) is 5.26 Å². The Morgan fingerprint density at radius 1 is 1.33 bits per heavy atom. The lowest BCUT2D eigenvalue weighted by Gasteiger charge is -2.09. The molecule has 0 unspecified atom stereocenters. The van der Waals surface area contributed by atoms with Gasteiger partial charge in [-0.1, -0.05) is 11.6 Å². The van der Waals surface area contributed by atoms with Crippen molar-refractivity contribution < 1.29 is 4.92 Å². The molecule has 0 saturated carbocycles. The lowest BCUT2D eigenvalue weighted by molar-refractivity contribution is -0.384. The van der Waals surface area contributed by atoms with Crippen molar-refractivity contribution in [2.24, 2.45) is 0 Å². The molecule has 0 aliphatic carbocycles. The van der Waals surface area contributed by atoms with Crippen molar-refractivity contribution in [3.63, 3.8) is 0 Å². The summed E-state index contributed by atoms with van der Waals surface area (Å²) in [5, 5.41) is 26.0. The van der Waals surface area contributed by atoms with Gasteiger partial charge in [0.1, 0.15) is 17.7 Å². The molecule has 7 nitrogen and oxygen atoms in total. The van der Waals surface area contributed by atoms with Gasteiger partial charge in [0.25, 0.3) is 5.69 Å². The van der Waals surface area contributed by atoms with Gasteiger partial charge >= 0.3 is 0 Å². The second-order valence-electron chi connectivity index (χ2n) is 4.03. The van der Waals surface area contributed by atoms with E-state index in [1.54, 1.807) is 25.2 Å². The van der Waals surface area contributed by atoms with Crippen LogP contribution < -0.4 is 10.6 Å². The number of pyridine rings is 1. The monoisotopic (exact) mass is 303 g/mol. The summed E-state index contributed by atoms with van der Waals surface area (Å²) >= 11 is 5.89. The number of nitrogens with one attached hydrogen (secondary N) is 2. The number of aromatic nitrogens is 1. The third kappa shape index (κ3) is 3.38. The highest BCUT2D eigenvalue weighted by atomic mass is 35.5. The van der Waals surface area contributed by atoms with Crippen molar-refractivity contribution in [1.82, 2.24) is 4.98 Å². The minimum Gasteiger partial charge on any atom is -0.373 e. The van der Waals surface area contributed by atoms with Crippen LogP contribution in [0.2, 0.25) is 5.02 Å². The van der Waals surface area contributed by atoms with Crippen LogP contribution in [0.25, 0.3) is 0 Å². The van der Waals surface area contributed by atoms with E-state index in [0.29, 0.717) is 22.1 Å². The van der Waals surface area contributed by atoms with Crippen molar-refractivity contribution in [3.05, 3.63) is 51.0 Å². The summed E-state index contributed by atoms with van der Waals surface area (Å²) in [6.07, 6.45) is 0. The molecule has 0 atom stereocenters. The zero-order valence-corrected chi connectivity index (χ0v) is 11.7. The number of hydrogen-bond donors (Lipinski definition) is 2. The molecule has 0 spiro atoms. The average Bonchev–Trinajstić information content (AvgIpc) is 2.47. The molecule has 106 valence electrons. The Hall–Kier alpha value is -2.85. The van der Waals surface area contributed by atoms with Crippen molar-refractivity contribution in [2.45, 2.75) is 0 Å². The number of nitriles is 1. The van der Waals surface area contributed by atoms with E-state index < -0.39 is 4.92 Å². The molecule has 2 rings (SSSR count). The zero-order chi connectivity index (χ0) is 15.4. The van der Waals surface area contributed by atoms with E-state index in [1.165, 1.54) is 12.1 Å². The molecule has 1 heterocycles. The molecular formula is C13H10ClN5O2. The Bertz CT molecular complexity index is 742. The molecule has 0 amide bonds. The summed E-state index contributed by atoms with van der Waals surface area (Å²) in [5.74, 6) is 0.583. The first-order valence-corrected chi connectivity index (χ1v) is 6.22. The van der Waals surface area contributed by atoms with E-state index in [4.69, 9.17) is 16.9 Å². The molecule has 0 fully saturated rings. The number of nitrogens with zero attached hydrogens (tertiary/aromatic N) is 3. The zero-order valence-electron chi connectivity index (χ0n) is 10.9. The fraction of sp³-hybridized carbons (Fsp3) is 0.0769. The van der Waals surface area contributed by atoms with Crippen LogP contribution in [-0.2, 0) is 0 Å². The Morgan fingerprint density at radius 3 is 2.67 bits per heavy atom. The van der Waals surface area contributed by atoms with Crippen molar-refractivity contribution in [1.29, 1.82) is 5.26 Å². The maximum atomic E-state index is 10.9. The van der Waals surface area contributed by atoms with Crippen LogP contribution in [0.1, 0.15) is 5.56 Å². The minimum absolute atomic E-state index is 0.114. The number of benzene rings is 1. The number of rotatable bonds is 4. The van der Waals surface area contributed by atoms with E-state index in [1.807, 2.05) is 6.07 Å². The topological polar surface area (TPSA) is 104 Å². The molecule has 0 radical (unpaired) electrons. The van der Waals surface area contributed by atoms with E-state index in [9.17, 15) is 10.1 Å².